The third-order valence-electron chi connectivity index (χ3n) is 2.30. The predicted molar refractivity (Wildman–Crippen MR) is 76.1 cm³/mol. The van der Waals surface area contributed by atoms with Gasteiger partial charge < -0.3 is 5.11 Å². The van der Waals surface area contributed by atoms with Gasteiger partial charge in [-0.15, -0.1) is 0 Å². The highest BCUT2D eigenvalue weighted by atomic mass is 79.9. The van der Waals surface area contributed by atoms with Crippen LogP contribution in [0, 0.1) is 10.1 Å². The van der Waals surface area contributed by atoms with Crippen molar-refractivity contribution >= 4 is 39.3 Å². The van der Waals surface area contributed by atoms with E-state index in [1.165, 1.54) is 36.2 Å². The first-order valence-electron chi connectivity index (χ1n) is 5.28. The molecule has 2 aromatic rings. The maximum atomic E-state index is 10.8. The Labute approximate surface area is 126 Å². The molecule has 102 valence electrons. The third kappa shape index (κ3) is 3.34. The molecule has 0 saturated heterocycles. The largest absolute Gasteiger partial charge is 0.477 e. The molecule has 1 heterocycles. The second-order valence-electron chi connectivity index (χ2n) is 3.66. The molecule has 2 rings (SSSR count). The number of benzene rings is 1. The number of rotatable bonds is 4. The van der Waals surface area contributed by atoms with Gasteiger partial charge in [-0.2, -0.15) is 0 Å². The number of hydrogen-bond acceptors (Lipinski definition) is 5. The van der Waals surface area contributed by atoms with Crippen LogP contribution in [0.1, 0.15) is 10.5 Å². The molecule has 20 heavy (non-hydrogen) atoms. The summed E-state index contributed by atoms with van der Waals surface area (Å²) in [5.41, 5.74) is -0.0600. The van der Waals surface area contributed by atoms with E-state index in [1.54, 1.807) is 12.1 Å². The zero-order chi connectivity index (χ0) is 14.7. The Hall–Kier alpha value is -1.93. The van der Waals surface area contributed by atoms with Crippen molar-refractivity contribution in [3.05, 3.63) is 56.8 Å². The number of carboxylic acid groups (broad SMARTS) is 1. The molecule has 0 unspecified atom stereocenters. The normalized spacial score (nSPS) is 10.2. The molecule has 0 aliphatic rings. The summed E-state index contributed by atoms with van der Waals surface area (Å²) in [7, 11) is 0. The molecule has 0 aliphatic heterocycles. The van der Waals surface area contributed by atoms with Gasteiger partial charge >= 0.3 is 5.97 Å². The average molecular weight is 355 g/mol. The molecule has 6 nitrogen and oxygen atoms in total. The van der Waals surface area contributed by atoms with Gasteiger partial charge in [-0.3, -0.25) is 10.1 Å². The van der Waals surface area contributed by atoms with E-state index in [4.69, 9.17) is 5.11 Å². The Morgan fingerprint density at radius 1 is 1.35 bits per heavy atom. The summed E-state index contributed by atoms with van der Waals surface area (Å²) in [4.78, 5) is 26.2. The standard InChI is InChI=1S/C12H7BrN2O4S/c13-9-5-7(15(18)19)1-2-11(9)20-8-3-4-14-10(6-8)12(16)17/h1-6H,(H,16,17). The lowest BCUT2D eigenvalue weighted by Gasteiger charge is -2.04. The van der Waals surface area contributed by atoms with Gasteiger partial charge in [0.15, 0.2) is 0 Å². The number of pyridine rings is 1. The fraction of sp³-hybridized carbons (Fsp3) is 0. The van der Waals surface area contributed by atoms with Crippen LogP contribution in [0.5, 0.6) is 0 Å². The molecule has 0 spiro atoms. The first-order chi connectivity index (χ1) is 9.47. The number of carbonyl (C=O) groups is 1. The maximum Gasteiger partial charge on any atom is 0.354 e. The van der Waals surface area contributed by atoms with Crippen LogP contribution in [-0.4, -0.2) is 21.0 Å². The van der Waals surface area contributed by atoms with Crippen molar-refractivity contribution in [1.29, 1.82) is 0 Å². The summed E-state index contributed by atoms with van der Waals surface area (Å²) >= 11 is 4.56. The Balaban J connectivity index is 2.28. The number of halogens is 1. The quantitative estimate of drug-likeness (QED) is 0.665. The minimum absolute atomic E-state index is 0.0119. The van der Waals surface area contributed by atoms with Crippen LogP contribution in [0.3, 0.4) is 0 Å². The molecule has 8 heteroatoms. The van der Waals surface area contributed by atoms with Gasteiger partial charge in [0.2, 0.25) is 0 Å². The van der Waals surface area contributed by atoms with Crippen molar-refractivity contribution in [2.45, 2.75) is 9.79 Å². The number of nitro groups is 1. The van der Waals surface area contributed by atoms with Crippen LogP contribution in [0.2, 0.25) is 0 Å². The van der Waals surface area contributed by atoms with Gasteiger partial charge in [-0.05, 0) is 34.1 Å². The van der Waals surface area contributed by atoms with Crippen LogP contribution < -0.4 is 0 Å². The number of aromatic carboxylic acids is 1. The SMILES string of the molecule is O=C(O)c1cc(Sc2ccc([N+](=O)[O-])cc2Br)ccn1. The molecular formula is C12H7BrN2O4S. The summed E-state index contributed by atoms with van der Waals surface area (Å²) in [6.07, 6.45) is 1.41. The molecule has 0 amide bonds. The first kappa shape index (κ1) is 14.5. The van der Waals surface area contributed by atoms with E-state index in [1.807, 2.05) is 0 Å². The van der Waals surface area contributed by atoms with E-state index in [-0.39, 0.29) is 11.4 Å². The Kier molecular flexibility index (Phi) is 4.35. The van der Waals surface area contributed by atoms with Crippen LogP contribution in [0.4, 0.5) is 5.69 Å². The van der Waals surface area contributed by atoms with E-state index in [0.29, 0.717) is 9.37 Å². The van der Waals surface area contributed by atoms with Crippen LogP contribution in [-0.2, 0) is 0 Å². The van der Waals surface area contributed by atoms with Crippen molar-refractivity contribution < 1.29 is 14.8 Å². The van der Waals surface area contributed by atoms with Gasteiger partial charge in [0, 0.05) is 32.6 Å². The highest BCUT2D eigenvalue weighted by molar-refractivity contribution is 9.10. The lowest BCUT2D eigenvalue weighted by Crippen LogP contribution is -1.99. The molecule has 1 aromatic carbocycles. The number of nitro benzene ring substituents is 1. The fourth-order valence-electron chi connectivity index (χ4n) is 1.40. The van der Waals surface area contributed by atoms with Crippen molar-refractivity contribution in [3.8, 4) is 0 Å². The van der Waals surface area contributed by atoms with E-state index in [2.05, 4.69) is 20.9 Å². The average Bonchev–Trinajstić information content (AvgIpc) is 2.41. The predicted octanol–water partition coefficient (Wildman–Crippen LogP) is 3.60. The molecule has 0 radical (unpaired) electrons. The summed E-state index contributed by atoms with van der Waals surface area (Å²) in [5, 5.41) is 19.5. The molecule has 1 N–H and O–H groups in total. The number of hydrogen-bond donors (Lipinski definition) is 1. The maximum absolute atomic E-state index is 10.8. The van der Waals surface area contributed by atoms with Crippen LogP contribution in [0.15, 0.2) is 50.8 Å². The molecule has 0 bridgehead atoms. The van der Waals surface area contributed by atoms with Gasteiger partial charge in [0.25, 0.3) is 5.69 Å². The van der Waals surface area contributed by atoms with E-state index in [0.717, 1.165) is 4.90 Å². The van der Waals surface area contributed by atoms with E-state index < -0.39 is 10.9 Å². The third-order valence-corrected chi connectivity index (χ3v) is 4.29. The molecule has 0 saturated carbocycles. The topological polar surface area (TPSA) is 93.3 Å². The molecule has 1 aromatic heterocycles. The summed E-state index contributed by atoms with van der Waals surface area (Å²) in [6, 6.07) is 7.52. The minimum atomic E-state index is -1.10. The Bertz CT molecular complexity index is 693. The highest BCUT2D eigenvalue weighted by Crippen LogP contribution is 2.35. The molecule has 0 atom stereocenters. The van der Waals surface area contributed by atoms with E-state index >= 15 is 0 Å². The molecule has 0 fully saturated rings. The van der Waals surface area contributed by atoms with Gasteiger partial charge in [-0.1, -0.05) is 11.8 Å². The molecule has 0 aliphatic carbocycles. The van der Waals surface area contributed by atoms with Gasteiger partial charge in [-0.25, -0.2) is 9.78 Å². The van der Waals surface area contributed by atoms with Crippen molar-refractivity contribution in [2.24, 2.45) is 0 Å². The van der Waals surface area contributed by atoms with Crippen molar-refractivity contribution in [2.75, 3.05) is 0 Å². The van der Waals surface area contributed by atoms with E-state index in [9.17, 15) is 14.9 Å². The number of nitrogens with zero attached hydrogens (tertiary/aromatic N) is 2. The van der Waals surface area contributed by atoms with Crippen LogP contribution in [0.25, 0.3) is 0 Å². The Morgan fingerprint density at radius 3 is 2.70 bits per heavy atom. The molecular weight excluding hydrogens is 348 g/mol. The van der Waals surface area contributed by atoms with Gasteiger partial charge in [0.1, 0.15) is 5.69 Å². The van der Waals surface area contributed by atoms with Crippen molar-refractivity contribution in [1.82, 2.24) is 4.98 Å². The lowest BCUT2D eigenvalue weighted by molar-refractivity contribution is -0.385. The smallest absolute Gasteiger partial charge is 0.354 e. The lowest BCUT2D eigenvalue weighted by atomic mass is 10.3. The monoisotopic (exact) mass is 354 g/mol. The second-order valence-corrected chi connectivity index (χ2v) is 5.63. The summed E-state index contributed by atoms with van der Waals surface area (Å²) in [6.45, 7) is 0. The number of non-ortho nitro benzene ring substituents is 1. The number of carboxylic acids is 1. The zero-order valence-electron chi connectivity index (χ0n) is 9.82. The second kappa shape index (κ2) is 6.02. The van der Waals surface area contributed by atoms with Crippen LogP contribution >= 0.6 is 27.7 Å². The highest BCUT2D eigenvalue weighted by Gasteiger charge is 2.11. The minimum Gasteiger partial charge on any atom is -0.477 e. The summed E-state index contributed by atoms with van der Waals surface area (Å²) in [5.74, 6) is -1.10. The Morgan fingerprint density at radius 2 is 2.10 bits per heavy atom. The van der Waals surface area contributed by atoms with Gasteiger partial charge in [0.05, 0.1) is 4.92 Å². The zero-order valence-corrected chi connectivity index (χ0v) is 12.2. The van der Waals surface area contributed by atoms with Crippen molar-refractivity contribution in [3.63, 3.8) is 0 Å². The fourth-order valence-corrected chi connectivity index (χ4v) is 2.86. The summed E-state index contributed by atoms with van der Waals surface area (Å²) < 4.78 is 0.574. The number of aromatic nitrogens is 1. The first-order valence-corrected chi connectivity index (χ1v) is 6.89.